The zero-order valence-corrected chi connectivity index (χ0v) is 8.75. The Kier molecular flexibility index (Phi) is 7.69. The Bertz CT molecular complexity index is 137. The minimum Gasteiger partial charge on any atom is -0.286 e. The van der Waals surface area contributed by atoms with E-state index in [1.807, 2.05) is 0 Å². The molecule has 78 valence electrons. The Labute approximate surface area is 80.7 Å². The zero-order valence-electron chi connectivity index (χ0n) is 8.75. The third-order valence-electron chi connectivity index (χ3n) is 2.08. The van der Waals surface area contributed by atoms with Gasteiger partial charge in [-0.05, 0) is 13.3 Å². The summed E-state index contributed by atoms with van der Waals surface area (Å²) in [5.74, 6) is -0.154. The molecular weight excluding hydrogens is 166 g/mol. The van der Waals surface area contributed by atoms with Crippen molar-refractivity contribution in [2.75, 3.05) is 6.54 Å². The molecule has 13 heavy (non-hydrogen) atoms. The molecule has 0 aromatic rings. The molecule has 0 bridgehead atoms. The Balaban J connectivity index is 3.27. The first-order valence-corrected chi connectivity index (χ1v) is 5.21. The Morgan fingerprint density at radius 3 is 2.31 bits per heavy atom. The SMILES string of the molecule is CCCCCCCC(=O)N(O)CC. The summed E-state index contributed by atoms with van der Waals surface area (Å²) >= 11 is 0. The van der Waals surface area contributed by atoms with E-state index >= 15 is 0 Å². The number of unbranched alkanes of at least 4 members (excludes halogenated alkanes) is 4. The van der Waals surface area contributed by atoms with Crippen LogP contribution in [0.15, 0.2) is 0 Å². The normalized spacial score (nSPS) is 10.1. The fraction of sp³-hybridized carbons (Fsp3) is 0.900. The van der Waals surface area contributed by atoms with Crippen molar-refractivity contribution in [3.63, 3.8) is 0 Å². The molecule has 0 unspecified atom stereocenters. The average Bonchev–Trinajstić information content (AvgIpc) is 2.16. The van der Waals surface area contributed by atoms with E-state index < -0.39 is 0 Å². The second-order valence-electron chi connectivity index (χ2n) is 3.27. The number of carbonyl (C=O) groups excluding carboxylic acids is 1. The summed E-state index contributed by atoms with van der Waals surface area (Å²) in [6, 6.07) is 0. The Hall–Kier alpha value is -0.570. The van der Waals surface area contributed by atoms with E-state index in [1.54, 1.807) is 6.92 Å². The smallest absolute Gasteiger partial charge is 0.245 e. The standard InChI is InChI=1S/C10H21NO2/c1-3-5-6-7-8-9-10(12)11(13)4-2/h13H,3-9H2,1-2H3. The number of hydroxylamine groups is 2. The fourth-order valence-electron chi connectivity index (χ4n) is 1.19. The van der Waals surface area contributed by atoms with Crippen molar-refractivity contribution < 1.29 is 10.0 Å². The van der Waals surface area contributed by atoms with E-state index in [4.69, 9.17) is 5.21 Å². The Morgan fingerprint density at radius 1 is 1.15 bits per heavy atom. The highest BCUT2D eigenvalue weighted by molar-refractivity contribution is 5.74. The van der Waals surface area contributed by atoms with Gasteiger partial charge < -0.3 is 0 Å². The molecule has 0 atom stereocenters. The van der Waals surface area contributed by atoms with Crippen LogP contribution in [-0.2, 0) is 4.79 Å². The first-order chi connectivity index (χ1) is 6.22. The highest BCUT2D eigenvalue weighted by Crippen LogP contribution is 2.05. The first kappa shape index (κ1) is 12.4. The van der Waals surface area contributed by atoms with E-state index in [0.717, 1.165) is 17.9 Å². The van der Waals surface area contributed by atoms with Crippen molar-refractivity contribution in [3.8, 4) is 0 Å². The van der Waals surface area contributed by atoms with E-state index in [0.29, 0.717) is 13.0 Å². The largest absolute Gasteiger partial charge is 0.286 e. The van der Waals surface area contributed by atoms with Gasteiger partial charge in [-0.1, -0.05) is 32.6 Å². The van der Waals surface area contributed by atoms with Crippen LogP contribution in [0.1, 0.15) is 52.4 Å². The third-order valence-corrected chi connectivity index (χ3v) is 2.08. The van der Waals surface area contributed by atoms with Crippen molar-refractivity contribution in [2.45, 2.75) is 52.4 Å². The van der Waals surface area contributed by atoms with Crippen molar-refractivity contribution in [1.29, 1.82) is 0 Å². The summed E-state index contributed by atoms with van der Waals surface area (Å²) in [6.45, 7) is 4.31. The summed E-state index contributed by atoms with van der Waals surface area (Å²) in [6.07, 6.45) is 6.13. The number of hydrogen-bond donors (Lipinski definition) is 1. The van der Waals surface area contributed by atoms with Crippen LogP contribution in [0.2, 0.25) is 0 Å². The van der Waals surface area contributed by atoms with Crippen molar-refractivity contribution in [2.24, 2.45) is 0 Å². The summed E-state index contributed by atoms with van der Waals surface area (Å²) in [7, 11) is 0. The van der Waals surface area contributed by atoms with Crippen molar-refractivity contribution in [1.82, 2.24) is 5.06 Å². The van der Waals surface area contributed by atoms with Crippen LogP contribution >= 0.6 is 0 Å². The summed E-state index contributed by atoms with van der Waals surface area (Å²) in [4.78, 5) is 11.1. The number of nitrogens with zero attached hydrogens (tertiary/aromatic N) is 1. The highest BCUT2D eigenvalue weighted by Gasteiger charge is 2.06. The van der Waals surface area contributed by atoms with Crippen LogP contribution in [0.5, 0.6) is 0 Å². The fourth-order valence-corrected chi connectivity index (χ4v) is 1.19. The summed E-state index contributed by atoms with van der Waals surface area (Å²) < 4.78 is 0. The molecular formula is C10H21NO2. The van der Waals surface area contributed by atoms with Gasteiger partial charge in [-0.3, -0.25) is 10.0 Å². The molecule has 0 spiro atoms. The number of carbonyl (C=O) groups is 1. The van der Waals surface area contributed by atoms with Crippen LogP contribution in [0, 0.1) is 0 Å². The minimum absolute atomic E-state index is 0.154. The summed E-state index contributed by atoms with van der Waals surface area (Å²) in [5, 5.41) is 9.80. The van der Waals surface area contributed by atoms with Gasteiger partial charge in [0.1, 0.15) is 0 Å². The predicted molar refractivity (Wildman–Crippen MR) is 52.5 cm³/mol. The number of hydrogen-bond acceptors (Lipinski definition) is 2. The molecule has 1 amide bonds. The zero-order chi connectivity index (χ0) is 10.1. The molecule has 0 radical (unpaired) electrons. The molecule has 1 N–H and O–H groups in total. The predicted octanol–water partition coefficient (Wildman–Crippen LogP) is 2.58. The van der Waals surface area contributed by atoms with Gasteiger partial charge in [-0.2, -0.15) is 0 Å². The van der Waals surface area contributed by atoms with Crippen molar-refractivity contribution >= 4 is 5.91 Å². The van der Waals surface area contributed by atoms with E-state index in [9.17, 15) is 4.79 Å². The van der Waals surface area contributed by atoms with Gasteiger partial charge in [0.25, 0.3) is 0 Å². The molecule has 0 aromatic heterocycles. The lowest BCUT2D eigenvalue weighted by Crippen LogP contribution is -2.26. The lowest BCUT2D eigenvalue weighted by atomic mass is 10.1. The van der Waals surface area contributed by atoms with Gasteiger partial charge in [0, 0.05) is 13.0 Å². The van der Waals surface area contributed by atoms with Crippen LogP contribution in [0.4, 0.5) is 0 Å². The molecule has 0 aromatic carbocycles. The molecule has 0 rings (SSSR count). The molecule has 3 nitrogen and oxygen atoms in total. The van der Waals surface area contributed by atoms with Gasteiger partial charge in [-0.25, -0.2) is 5.06 Å². The maximum absolute atomic E-state index is 11.1. The topological polar surface area (TPSA) is 40.5 Å². The molecule has 0 aliphatic carbocycles. The second-order valence-corrected chi connectivity index (χ2v) is 3.27. The van der Waals surface area contributed by atoms with Gasteiger partial charge in [-0.15, -0.1) is 0 Å². The molecule has 0 heterocycles. The Morgan fingerprint density at radius 2 is 1.77 bits per heavy atom. The lowest BCUT2D eigenvalue weighted by molar-refractivity contribution is -0.164. The van der Waals surface area contributed by atoms with Gasteiger partial charge in [0.05, 0.1) is 0 Å². The van der Waals surface area contributed by atoms with E-state index in [1.165, 1.54) is 19.3 Å². The number of rotatable bonds is 7. The van der Waals surface area contributed by atoms with Crippen LogP contribution in [0.25, 0.3) is 0 Å². The van der Waals surface area contributed by atoms with Gasteiger partial charge in [0.2, 0.25) is 5.91 Å². The molecule has 0 saturated carbocycles. The summed E-state index contributed by atoms with van der Waals surface area (Å²) in [5.41, 5.74) is 0. The van der Waals surface area contributed by atoms with E-state index in [2.05, 4.69) is 6.92 Å². The monoisotopic (exact) mass is 187 g/mol. The van der Waals surface area contributed by atoms with Crippen LogP contribution in [0.3, 0.4) is 0 Å². The second kappa shape index (κ2) is 8.05. The molecule has 3 heteroatoms. The first-order valence-electron chi connectivity index (χ1n) is 5.21. The maximum Gasteiger partial charge on any atom is 0.245 e. The van der Waals surface area contributed by atoms with E-state index in [-0.39, 0.29) is 5.91 Å². The highest BCUT2D eigenvalue weighted by atomic mass is 16.5. The molecule has 0 aliphatic rings. The quantitative estimate of drug-likeness (QED) is 0.378. The average molecular weight is 187 g/mol. The number of amides is 1. The molecule has 0 aliphatic heterocycles. The third kappa shape index (κ3) is 6.58. The van der Waals surface area contributed by atoms with Gasteiger partial charge in [0.15, 0.2) is 0 Å². The molecule has 0 fully saturated rings. The molecule has 0 saturated heterocycles. The maximum atomic E-state index is 11.1. The lowest BCUT2D eigenvalue weighted by Gasteiger charge is -2.11. The van der Waals surface area contributed by atoms with Crippen LogP contribution < -0.4 is 0 Å². The van der Waals surface area contributed by atoms with Crippen molar-refractivity contribution in [3.05, 3.63) is 0 Å². The van der Waals surface area contributed by atoms with Crippen LogP contribution in [-0.4, -0.2) is 22.7 Å². The van der Waals surface area contributed by atoms with Gasteiger partial charge >= 0.3 is 0 Å². The minimum atomic E-state index is -0.154.